The van der Waals surface area contributed by atoms with Crippen molar-refractivity contribution in [2.45, 2.75) is 32.7 Å². The van der Waals surface area contributed by atoms with Gasteiger partial charge in [0.05, 0.1) is 0 Å². The molecular formula is C12H17BrIN. The molecule has 0 aliphatic rings. The van der Waals surface area contributed by atoms with E-state index in [-0.39, 0.29) is 6.04 Å². The Morgan fingerprint density at radius 1 is 1.47 bits per heavy atom. The second-order valence-electron chi connectivity index (χ2n) is 3.96. The largest absolute Gasteiger partial charge is 0.324 e. The normalized spacial score (nSPS) is 15.0. The number of hydrogen-bond donors (Lipinski definition) is 1. The van der Waals surface area contributed by atoms with Crippen molar-refractivity contribution >= 4 is 38.5 Å². The molecule has 0 saturated heterocycles. The first-order valence-corrected chi connectivity index (χ1v) is 7.14. The van der Waals surface area contributed by atoms with Gasteiger partial charge in [-0.25, -0.2) is 0 Å². The first-order valence-electron chi connectivity index (χ1n) is 5.26. The molecule has 1 nitrogen and oxygen atoms in total. The van der Waals surface area contributed by atoms with E-state index >= 15 is 0 Å². The second-order valence-corrected chi connectivity index (χ2v) is 6.06. The number of halogens is 2. The lowest BCUT2D eigenvalue weighted by atomic mass is 9.92. The zero-order valence-electron chi connectivity index (χ0n) is 9.13. The molecule has 0 saturated carbocycles. The Morgan fingerprint density at radius 3 is 2.73 bits per heavy atom. The molecule has 3 heteroatoms. The summed E-state index contributed by atoms with van der Waals surface area (Å²) in [5, 5.41) is 0. The minimum absolute atomic E-state index is 0.133. The smallest absolute Gasteiger partial charge is 0.0332 e. The molecule has 0 aromatic heterocycles. The van der Waals surface area contributed by atoms with Gasteiger partial charge in [0.1, 0.15) is 0 Å². The Bertz CT molecular complexity index is 327. The standard InChI is InChI=1S/C12H17BrIN/c1-3-4-8(2)12(15)10-7-9(14)5-6-11(10)13/h5-8,12H,3-4,15H2,1-2H3. The summed E-state index contributed by atoms with van der Waals surface area (Å²) in [7, 11) is 0. The molecule has 15 heavy (non-hydrogen) atoms. The summed E-state index contributed by atoms with van der Waals surface area (Å²) in [4.78, 5) is 0. The van der Waals surface area contributed by atoms with Crippen molar-refractivity contribution in [3.05, 3.63) is 31.8 Å². The minimum Gasteiger partial charge on any atom is -0.324 e. The van der Waals surface area contributed by atoms with Crippen LogP contribution in [0.3, 0.4) is 0 Å². The molecule has 0 spiro atoms. The van der Waals surface area contributed by atoms with Gasteiger partial charge < -0.3 is 5.73 Å². The van der Waals surface area contributed by atoms with Gasteiger partial charge >= 0.3 is 0 Å². The van der Waals surface area contributed by atoms with Crippen LogP contribution in [0.15, 0.2) is 22.7 Å². The molecule has 0 radical (unpaired) electrons. The summed E-state index contributed by atoms with van der Waals surface area (Å²) >= 11 is 5.89. The average molecular weight is 382 g/mol. The Hall–Kier alpha value is 0.390. The molecule has 84 valence electrons. The fourth-order valence-electron chi connectivity index (χ4n) is 1.71. The maximum Gasteiger partial charge on any atom is 0.0332 e. The molecule has 1 aromatic carbocycles. The predicted molar refractivity (Wildman–Crippen MR) is 77.9 cm³/mol. The van der Waals surface area contributed by atoms with Crippen molar-refractivity contribution in [1.82, 2.24) is 0 Å². The molecule has 0 bridgehead atoms. The van der Waals surface area contributed by atoms with E-state index in [1.807, 2.05) is 0 Å². The number of nitrogens with two attached hydrogens (primary N) is 1. The SMILES string of the molecule is CCCC(C)C(N)c1cc(I)ccc1Br. The van der Waals surface area contributed by atoms with Crippen molar-refractivity contribution in [2.24, 2.45) is 11.7 Å². The molecule has 0 aliphatic carbocycles. The third kappa shape index (κ3) is 3.71. The fraction of sp³-hybridized carbons (Fsp3) is 0.500. The first kappa shape index (κ1) is 13.5. The minimum atomic E-state index is 0.133. The Labute approximate surface area is 114 Å². The van der Waals surface area contributed by atoms with Crippen LogP contribution in [-0.4, -0.2) is 0 Å². The molecular weight excluding hydrogens is 365 g/mol. The monoisotopic (exact) mass is 381 g/mol. The van der Waals surface area contributed by atoms with Crippen molar-refractivity contribution in [2.75, 3.05) is 0 Å². The summed E-state index contributed by atoms with van der Waals surface area (Å²) in [5.74, 6) is 0.532. The molecule has 1 aromatic rings. The van der Waals surface area contributed by atoms with Gasteiger partial charge in [0.15, 0.2) is 0 Å². The topological polar surface area (TPSA) is 26.0 Å². The van der Waals surface area contributed by atoms with Crippen LogP contribution in [0.25, 0.3) is 0 Å². The van der Waals surface area contributed by atoms with Gasteiger partial charge in [0.2, 0.25) is 0 Å². The first-order chi connectivity index (χ1) is 7.06. The predicted octanol–water partition coefficient (Wildman–Crippen LogP) is 4.49. The summed E-state index contributed by atoms with van der Waals surface area (Å²) in [6.45, 7) is 4.42. The molecule has 0 amide bonds. The van der Waals surface area contributed by atoms with E-state index in [1.54, 1.807) is 0 Å². The highest BCUT2D eigenvalue weighted by Gasteiger charge is 2.16. The quantitative estimate of drug-likeness (QED) is 0.764. The summed E-state index contributed by atoms with van der Waals surface area (Å²) < 4.78 is 2.36. The van der Waals surface area contributed by atoms with Crippen molar-refractivity contribution in [3.8, 4) is 0 Å². The highest BCUT2D eigenvalue weighted by atomic mass is 127. The summed E-state index contributed by atoms with van der Waals surface area (Å²) in [6.07, 6.45) is 2.37. The van der Waals surface area contributed by atoms with Crippen LogP contribution >= 0.6 is 38.5 Å². The van der Waals surface area contributed by atoms with Crippen LogP contribution in [0.2, 0.25) is 0 Å². The lowest BCUT2D eigenvalue weighted by Crippen LogP contribution is -2.19. The van der Waals surface area contributed by atoms with Crippen molar-refractivity contribution < 1.29 is 0 Å². The van der Waals surface area contributed by atoms with E-state index in [1.165, 1.54) is 22.0 Å². The van der Waals surface area contributed by atoms with E-state index < -0.39 is 0 Å². The van der Waals surface area contributed by atoms with Gasteiger partial charge in [-0.15, -0.1) is 0 Å². The van der Waals surface area contributed by atoms with E-state index in [4.69, 9.17) is 5.73 Å². The molecule has 2 N–H and O–H groups in total. The van der Waals surface area contributed by atoms with Gasteiger partial charge in [0, 0.05) is 14.1 Å². The molecule has 0 aliphatic heterocycles. The molecule has 2 atom stereocenters. The van der Waals surface area contributed by atoms with Gasteiger partial charge in [-0.05, 0) is 58.7 Å². The van der Waals surface area contributed by atoms with E-state index in [9.17, 15) is 0 Å². The Morgan fingerprint density at radius 2 is 2.13 bits per heavy atom. The molecule has 1 rings (SSSR count). The van der Waals surface area contributed by atoms with E-state index in [2.05, 4.69) is 70.6 Å². The maximum absolute atomic E-state index is 6.26. The molecule has 0 fully saturated rings. The summed E-state index contributed by atoms with van der Waals surface area (Å²) in [6, 6.07) is 6.47. The van der Waals surface area contributed by atoms with Gasteiger partial charge in [-0.1, -0.05) is 36.2 Å². The zero-order chi connectivity index (χ0) is 11.4. The van der Waals surface area contributed by atoms with E-state index in [0.717, 1.165) is 4.47 Å². The molecule has 0 heterocycles. The Kier molecular flexibility index (Phi) is 5.57. The van der Waals surface area contributed by atoms with Gasteiger partial charge in [0.25, 0.3) is 0 Å². The van der Waals surface area contributed by atoms with Crippen LogP contribution in [0.5, 0.6) is 0 Å². The highest BCUT2D eigenvalue weighted by Crippen LogP contribution is 2.30. The van der Waals surface area contributed by atoms with Crippen LogP contribution < -0.4 is 5.73 Å². The van der Waals surface area contributed by atoms with E-state index in [0.29, 0.717) is 5.92 Å². The Balaban J connectivity index is 2.89. The van der Waals surface area contributed by atoms with Crippen molar-refractivity contribution in [3.63, 3.8) is 0 Å². The number of rotatable bonds is 4. The number of benzene rings is 1. The van der Waals surface area contributed by atoms with Gasteiger partial charge in [-0.3, -0.25) is 0 Å². The zero-order valence-corrected chi connectivity index (χ0v) is 12.9. The lowest BCUT2D eigenvalue weighted by molar-refractivity contribution is 0.432. The van der Waals surface area contributed by atoms with Crippen LogP contribution in [0, 0.1) is 9.49 Å². The average Bonchev–Trinajstić information content (AvgIpc) is 2.21. The highest BCUT2D eigenvalue weighted by molar-refractivity contribution is 14.1. The third-order valence-electron chi connectivity index (χ3n) is 2.67. The number of hydrogen-bond acceptors (Lipinski definition) is 1. The fourth-order valence-corrected chi connectivity index (χ4v) is 2.74. The van der Waals surface area contributed by atoms with Crippen LogP contribution in [0.1, 0.15) is 38.3 Å². The second kappa shape index (κ2) is 6.21. The third-order valence-corrected chi connectivity index (χ3v) is 4.07. The van der Waals surface area contributed by atoms with Crippen LogP contribution in [0.4, 0.5) is 0 Å². The maximum atomic E-state index is 6.26. The summed E-state index contributed by atoms with van der Waals surface area (Å²) in [5.41, 5.74) is 7.49. The lowest BCUT2D eigenvalue weighted by Gasteiger charge is -2.21. The van der Waals surface area contributed by atoms with Gasteiger partial charge in [-0.2, -0.15) is 0 Å². The van der Waals surface area contributed by atoms with Crippen LogP contribution in [-0.2, 0) is 0 Å². The molecule has 2 unspecified atom stereocenters. The van der Waals surface area contributed by atoms with Crippen molar-refractivity contribution in [1.29, 1.82) is 0 Å².